The summed E-state index contributed by atoms with van der Waals surface area (Å²) in [5.74, 6) is 6.02. The maximum atomic E-state index is 13.7. The zero-order chi connectivity index (χ0) is 15.5. The molecule has 1 atom stereocenters. The molecule has 0 aliphatic rings. The van der Waals surface area contributed by atoms with Gasteiger partial charge in [-0.05, 0) is 13.3 Å². The highest BCUT2D eigenvalue weighted by Crippen LogP contribution is 2.24. The highest BCUT2D eigenvalue weighted by molar-refractivity contribution is 5.57. The van der Waals surface area contributed by atoms with E-state index < -0.39 is 5.82 Å². The molecule has 0 aromatic heterocycles. The van der Waals surface area contributed by atoms with Crippen LogP contribution in [0.2, 0.25) is 0 Å². The summed E-state index contributed by atoms with van der Waals surface area (Å²) in [5, 5.41) is 0. The molecule has 1 rings (SSSR count). The lowest BCUT2D eigenvalue weighted by Crippen LogP contribution is -1.96. The van der Waals surface area contributed by atoms with Crippen LogP contribution in [0.1, 0.15) is 39.7 Å². The fourth-order valence-corrected chi connectivity index (χ4v) is 1.53. The molecule has 0 amide bonds. The van der Waals surface area contributed by atoms with Crippen molar-refractivity contribution in [3.05, 3.63) is 35.7 Å². The lowest BCUT2D eigenvalue weighted by Gasteiger charge is -2.05. The molecule has 20 heavy (non-hydrogen) atoms. The third-order valence-corrected chi connectivity index (χ3v) is 2.58. The summed E-state index contributed by atoms with van der Waals surface area (Å²) in [7, 11) is 1.50. The number of hydrogen-bond donors (Lipinski definition) is 1. The number of nitrogen functional groups attached to an aromatic ring is 1. The van der Waals surface area contributed by atoms with Gasteiger partial charge in [-0.3, -0.25) is 0 Å². The van der Waals surface area contributed by atoms with E-state index in [2.05, 4.69) is 11.8 Å². The Morgan fingerprint density at radius 3 is 2.55 bits per heavy atom. The Morgan fingerprint density at radius 2 is 2.05 bits per heavy atom. The van der Waals surface area contributed by atoms with E-state index in [4.69, 9.17) is 10.5 Å². The molecule has 1 aromatic carbocycles. The molecule has 0 heterocycles. The Morgan fingerprint density at radius 1 is 1.40 bits per heavy atom. The molecule has 0 fully saturated rings. The van der Waals surface area contributed by atoms with Crippen molar-refractivity contribution in [1.29, 1.82) is 0 Å². The molecule has 0 saturated heterocycles. The number of halogens is 1. The SMILES string of the molecule is CC.CC=CC(C#Cc1cc(OC)c(N)cc1F)CC. The fourth-order valence-electron chi connectivity index (χ4n) is 1.53. The van der Waals surface area contributed by atoms with Crippen molar-refractivity contribution in [2.24, 2.45) is 5.92 Å². The highest BCUT2D eigenvalue weighted by atomic mass is 19.1. The molecule has 3 heteroatoms. The monoisotopic (exact) mass is 277 g/mol. The van der Waals surface area contributed by atoms with Crippen molar-refractivity contribution >= 4 is 5.69 Å². The van der Waals surface area contributed by atoms with Crippen LogP contribution in [-0.2, 0) is 0 Å². The zero-order valence-electron chi connectivity index (χ0n) is 13.0. The highest BCUT2D eigenvalue weighted by Gasteiger charge is 2.06. The van der Waals surface area contributed by atoms with E-state index in [1.807, 2.05) is 39.8 Å². The largest absolute Gasteiger partial charge is 0.495 e. The Hall–Kier alpha value is -1.95. The van der Waals surface area contributed by atoms with E-state index in [9.17, 15) is 4.39 Å². The molecule has 1 aromatic rings. The fraction of sp³-hybridized carbons (Fsp3) is 0.412. The molecule has 1 unspecified atom stereocenters. The molecule has 2 nitrogen and oxygen atoms in total. The Kier molecular flexibility index (Phi) is 8.95. The number of anilines is 1. The number of rotatable bonds is 3. The molecule has 2 N–H and O–H groups in total. The maximum Gasteiger partial charge on any atom is 0.143 e. The van der Waals surface area contributed by atoms with Crippen LogP contribution in [0.15, 0.2) is 24.3 Å². The summed E-state index contributed by atoms with van der Waals surface area (Å²) in [6, 6.07) is 2.76. The van der Waals surface area contributed by atoms with Crippen molar-refractivity contribution in [2.75, 3.05) is 12.8 Å². The molecule has 0 saturated carbocycles. The van der Waals surface area contributed by atoms with Crippen LogP contribution in [-0.4, -0.2) is 7.11 Å². The molecule has 0 aliphatic heterocycles. The molecule has 110 valence electrons. The molecule has 0 radical (unpaired) electrons. The van der Waals surface area contributed by atoms with Crippen molar-refractivity contribution in [2.45, 2.75) is 34.1 Å². The summed E-state index contributed by atoms with van der Waals surface area (Å²) < 4.78 is 18.7. The number of hydrogen-bond acceptors (Lipinski definition) is 2. The van der Waals surface area contributed by atoms with Gasteiger partial charge in [0, 0.05) is 18.1 Å². The number of ether oxygens (including phenoxy) is 1. The van der Waals surface area contributed by atoms with Gasteiger partial charge in [0.2, 0.25) is 0 Å². The predicted molar refractivity (Wildman–Crippen MR) is 84.2 cm³/mol. The van der Waals surface area contributed by atoms with Gasteiger partial charge in [-0.2, -0.15) is 0 Å². The first kappa shape index (κ1) is 18.0. The smallest absolute Gasteiger partial charge is 0.143 e. The summed E-state index contributed by atoms with van der Waals surface area (Å²) >= 11 is 0. The van der Waals surface area contributed by atoms with Crippen LogP contribution in [0.3, 0.4) is 0 Å². The average molecular weight is 277 g/mol. The van der Waals surface area contributed by atoms with Crippen molar-refractivity contribution < 1.29 is 9.13 Å². The minimum atomic E-state index is -0.420. The second-order valence-corrected chi connectivity index (χ2v) is 3.88. The van der Waals surface area contributed by atoms with Gasteiger partial charge in [-0.15, -0.1) is 0 Å². The summed E-state index contributed by atoms with van der Waals surface area (Å²) in [4.78, 5) is 0. The zero-order valence-corrected chi connectivity index (χ0v) is 13.0. The average Bonchev–Trinajstić information content (AvgIpc) is 2.47. The number of benzene rings is 1. The van der Waals surface area contributed by atoms with Crippen LogP contribution in [0, 0.1) is 23.6 Å². The lowest BCUT2D eigenvalue weighted by molar-refractivity contribution is 0.416. The standard InChI is InChI=1S/C15H18FNO.C2H6/c1-4-6-11(5-2)7-8-12-9-15(18-3)14(17)10-13(12)16;1-2/h4,6,9-11H,5,17H2,1-3H3;1-2H3. The van der Waals surface area contributed by atoms with Crippen molar-refractivity contribution in [3.63, 3.8) is 0 Å². The van der Waals surface area contributed by atoms with Crippen molar-refractivity contribution in [1.82, 2.24) is 0 Å². The van der Waals surface area contributed by atoms with E-state index in [0.717, 1.165) is 6.42 Å². The summed E-state index contributed by atoms with van der Waals surface area (Å²) in [5.41, 5.74) is 6.19. The molecule has 0 spiro atoms. The second kappa shape index (κ2) is 9.91. The van der Waals surface area contributed by atoms with Crippen LogP contribution >= 0.6 is 0 Å². The third-order valence-electron chi connectivity index (χ3n) is 2.58. The molecule has 0 bridgehead atoms. The first-order chi connectivity index (χ1) is 9.62. The minimum Gasteiger partial charge on any atom is -0.495 e. The van der Waals surface area contributed by atoms with E-state index in [-0.39, 0.29) is 11.6 Å². The number of allylic oxidation sites excluding steroid dienone is 2. The van der Waals surface area contributed by atoms with Gasteiger partial charge in [0.25, 0.3) is 0 Å². The quantitative estimate of drug-likeness (QED) is 0.505. The Labute approximate surface area is 121 Å². The van der Waals surface area contributed by atoms with Crippen LogP contribution in [0.5, 0.6) is 5.75 Å². The maximum absolute atomic E-state index is 13.7. The van der Waals surface area contributed by atoms with Crippen molar-refractivity contribution in [3.8, 4) is 17.6 Å². The molecule has 0 aliphatic carbocycles. The van der Waals surface area contributed by atoms with E-state index in [1.54, 1.807) is 0 Å². The van der Waals surface area contributed by atoms with Crippen LogP contribution in [0.25, 0.3) is 0 Å². The Balaban J connectivity index is 0.00000172. The van der Waals surface area contributed by atoms with Gasteiger partial charge in [-0.25, -0.2) is 4.39 Å². The minimum absolute atomic E-state index is 0.137. The van der Waals surface area contributed by atoms with Crippen LogP contribution < -0.4 is 10.5 Å². The second-order valence-electron chi connectivity index (χ2n) is 3.88. The van der Waals surface area contributed by atoms with E-state index >= 15 is 0 Å². The summed E-state index contributed by atoms with van der Waals surface area (Å²) in [6.45, 7) is 7.98. The van der Waals surface area contributed by atoms with Gasteiger partial charge >= 0.3 is 0 Å². The third kappa shape index (κ3) is 5.36. The number of methoxy groups -OCH3 is 1. The van der Waals surface area contributed by atoms with Gasteiger partial charge in [0.05, 0.1) is 18.4 Å². The topological polar surface area (TPSA) is 35.2 Å². The van der Waals surface area contributed by atoms with Gasteiger partial charge < -0.3 is 10.5 Å². The Bertz CT molecular complexity index is 498. The summed E-state index contributed by atoms with van der Waals surface area (Å²) in [6.07, 6.45) is 4.84. The van der Waals surface area contributed by atoms with E-state index in [0.29, 0.717) is 11.3 Å². The number of nitrogens with two attached hydrogens (primary N) is 1. The van der Waals surface area contributed by atoms with Gasteiger partial charge in [-0.1, -0.05) is 44.8 Å². The lowest BCUT2D eigenvalue weighted by atomic mass is 10.1. The first-order valence-corrected chi connectivity index (χ1v) is 6.89. The predicted octanol–water partition coefficient (Wildman–Crippen LogP) is 4.40. The van der Waals surface area contributed by atoms with Gasteiger partial charge in [0.15, 0.2) is 0 Å². The van der Waals surface area contributed by atoms with Crippen LogP contribution in [0.4, 0.5) is 10.1 Å². The van der Waals surface area contributed by atoms with Gasteiger partial charge in [0.1, 0.15) is 11.6 Å². The molecular weight excluding hydrogens is 253 g/mol. The van der Waals surface area contributed by atoms with E-state index in [1.165, 1.54) is 19.2 Å². The molecular formula is C17H24FNO. The normalized spacial score (nSPS) is 11.1. The first-order valence-electron chi connectivity index (χ1n) is 6.89.